The molecular formula is C18H34O2S. The first kappa shape index (κ1) is 20.6. The van der Waals surface area contributed by atoms with Gasteiger partial charge in [0.2, 0.25) is 0 Å². The van der Waals surface area contributed by atoms with E-state index in [1.807, 2.05) is 6.08 Å². The summed E-state index contributed by atoms with van der Waals surface area (Å²) in [7, 11) is -1.09. The van der Waals surface area contributed by atoms with E-state index in [2.05, 4.69) is 20.8 Å². The molecule has 0 spiro atoms. The lowest BCUT2D eigenvalue weighted by Crippen LogP contribution is -2.11. The summed E-state index contributed by atoms with van der Waals surface area (Å²) in [6, 6.07) is 0. The molecule has 0 aromatic carbocycles. The van der Waals surface area contributed by atoms with E-state index in [0.717, 1.165) is 51.4 Å². The first-order chi connectivity index (χ1) is 10.2. The number of ketones is 1. The summed E-state index contributed by atoms with van der Waals surface area (Å²) in [5, 5.41) is 0. The molecule has 0 aromatic rings. The van der Waals surface area contributed by atoms with Gasteiger partial charge >= 0.3 is 0 Å². The van der Waals surface area contributed by atoms with Gasteiger partial charge in [-0.2, -0.15) is 0 Å². The first-order valence-electron chi connectivity index (χ1n) is 8.79. The van der Waals surface area contributed by atoms with Gasteiger partial charge in [0, 0.05) is 12.2 Å². The summed E-state index contributed by atoms with van der Waals surface area (Å²) >= 11 is 0. The summed E-state index contributed by atoms with van der Waals surface area (Å²) in [6.07, 6.45) is 13.2. The van der Waals surface area contributed by atoms with Gasteiger partial charge in [-0.05, 0) is 25.7 Å². The van der Waals surface area contributed by atoms with Crippen LogP contribution >= 0.6 is 0 Å². The van der Waals surface area contributed by atoms with Crippen LogP contribution in [0.4, 0.5) is 0 Å². The van der Waals surface area contributed by atoms with Crippen molar-refractivity contribution in [3.05, 3.63) is 11.0 Å². The molecule has 0 N–H and O–H groups in total. The molecule has 2 nitrogen and oxygen atoms in total. The summed E-state index contributed by atoms with van der Waals surface area (Å²) in [4.78, 5) is 12.9. The highest BCUT2D eigenvalue weighted by Crippen LogP contribution is 2.14. The highest BCUT2D eigenvalue weighted by Gasteiger charge is 2.15. The second-order valence-electron chi connectivity index (χ2n) is 5.70. The van der Waals surface area contributed by atoms with Gasteiger partial charge in [-0.15, -0.1) is 0 Å². The van der Waals surface area contributed by atoms with Crippen LogP contribution in [-0.2, 0) is 15.6 Å². The molecule has 0 saturated heterocycles. The third kappa shape index (κ3) is 10.9. The summed E-state index contributed by atoms with van der Waals surface area (Å²) in [5.41, 5.74) is 0. The molecule has 3 heteroatoms. The quantitative estimate of drug-likeness (QED) is 0.311. The summed E-state index contributed by atoms with van der Waals surface area (Å²) in [5.74, 6) is 0.766. The second-order valence-corrected chi connectivity index (χ2v) is 7.24. The lowest BCUT2D eigenvalue weighted by molar-refractivity contribution is -0.115. The smallest absolute Gasteiger partial charge is 0.171 e. The molecule has 0 aliphatic rings. The number of Topliss-reactive ketones (excluding diaryl/α,β-unsaturated/α-hetero) is 1. The van der Waals surface area contributed by atoms with Crippen molar-refractivity contribution in [3.63, 3.8) is 0 Å². The fourth-order valence-electron chi connectivity index (χ4n) is 2.21. The van der Waals surface area contributed by atoms with Gasteiger partial charge in [0.15, 0.2) is 5.78 Å². The normalized spacial score (nSPS) is 13.4. The Morgan fingerprint density at radius 1 is 0.857 bits per heavy atom. The molecular weight excluding hydrogens is 280 g/mol. The van der Waals surface area contributed by atoms with E-state index in [1.54, 1.807) is 0 Å². The molecule has 124 valence electrons. The number of allylic oxidation sites excluding steroid dienone is 2. The van der Waals surface area contributed by atoms with Gasteiger partial charge in [0.05, 0.1) is 15.7 Å². The predicted octanol–water partition coefficient (Wildman–Crippen LogP) is 5.54. The number of hydrogen-bond donors (Lipinski definition) is 0. The maximum Gasteiger partial charge on any atom is 0.171 e. The molecule has 0 saturated carbocycles. The van der Waals surface area contributed by atoms with Gasteiger partial charge in [-0.25, -0.2) is 0 Å². The van der Waals surface area contributed by atoms with E-state index in [0.29, 0.717) is 17.1 Å². The third-order valence-electron chi connectivity index (χ3n) is 3.60. The topological polar surface area (TPSA) is 34.1 Å². The molecule has 1 unspecified atom stereocenters. The molecule has 0 heterocycles. The summed E-state index contributed by atoms with van der Waals surface area (Å²) < 4.78 is 12.4. The average Bonchev–Trinajstić information content (AvgIpc) is 2.47. The Labute approximate surface area is 134 Å². The number of rotatable bonds is 14. The number of unbranched alkanes of at least 4 members (excludes halogenated alkanes) is 7. The van der Waals surface area contributed by atoms with Crippen molar-refractivity contribution in [3.8, 4) is 0 Å². The minimum absolute atomic E-state index is 0.120. The minimum Gasteiger partial charge on any atom is -0.294 e. The molecule has 0 aliphatic carbocycles. The molecule has 0 fully saturated rings. The van der Waals surface area contributed by atoms with Crippen LogP contribution in [0.25, 0.3) is 0 Å². The van der Waals surface area contributed by atoms with E-state index >= 15 is 0 Å². The van der Waals surface area contributed by atoms with Gasteiger partial charge in [-0.1, -0.05) is 65.4 Å². The zero-order valence-electron chi connectivity index (χ0n) is 14.3. The van der Waals surface area contributed by atoms with Crippen LogP contribution in [0.3, 0.4) is 0 Å². The van der Waals surface area contributed by atoms with E-state index in [4.69, 9.17) is 0 Å². The lowest BCUT2D eigenvalue weighted by Gasteiger charge is -2.07. The monoisotopic (exact) mass is 314 g/mol. The Hall–Kier alpha value is -0.440. The van der Waals surface area contributed by atoms with E-state index in [1.165, 1.54) is 12.8 Å². The molecule has 1 atom stereocenters. The zero-order valence-corrected chi connectivity index (χ0v) is 15.1. The van der Waals surface area contributed by atoms with Crippen molar-refractivity contribution < 1.29 is 9.00 Å². The van der Waals surface area contributed by atoms with Gasteiger partial charge in [0.1, 0.15) is 0 Å². The van der Waals surface area contributed by atoms with E-state index in [9.17, 15) is 9.00 Å². The summed E-state index contributed by atoms with van der Waals surface area (Å²) in [6.45, 7) is 6.44. The predicted molar refractivity (Wildman–Crippen MR) is 93.9 cm³/mol. The van der Waals surface area contributed by atoms with Crippen LogP contribution in [0, 0.1) is 0 Å². The van der Waals surface area contributed by atoms with Crippen molar-refractivity contribution in [2.24, 2.45) is 0 Å². The van der Waals surface area contributed by atoms with Gasteiger partial charge < -0.3 is 0 Å². The number of carbonyl (C=O) groups excluding carboxylic acids is 1. The molecule has 0 aliphatic heterocycles. The highest BCUT2D eigenvalue weighted by molar-refractivity contribution is 7.90. The SMILES string of the molecule is CCCCCC=C(C(=O)CCCCC)S(=O)CCCCC. The van der Waals surface area contributed by atoms with E-state index < -0.39 is 10.8 Å². The Bertz CT molecular complexity index is 297. The molecule has 0 aromatic heterocycles. The first-order valence-corrected chi connectivity index (χ1v) is 10.1. The molecule has 0 rings (SSSR count). The van der Waals surface area contributed by atoms with Gasteiger partial charge in [0.25, 0.3) is 0 Å². The van der Waals surface area contributed by atoms with Crippen molar-refractivity contribution in [1.29, 1.82) is 0 Å². The van der Waals surface area contributed by atoms with Crippen molar-refractivity contribution >= 4 is 16.6 Å². The Morgan fingerprint density at radius 3 is 2.05 bits per heavy atom. The Kier molecular flexibility index (Phi) is 14.2. The third-order valence-corrected chi connectivity index (χ3v) is 5.14. The second kappa shape index (κ2) is 14.5. The maximum atomic E-state index is 12.4. The van der Waals surface area contributed by atoms with Crippen LogP contribution in [0.2, 0.25) is 0 Å². The fourth-order valence-corrected chi connectivity index (χ4v) is 3.56. The van der Waals surface area contributed by atoms with Crippen LogP contribution < -0.4 is 0 Å². The Balaban J connectivity index is 4.51. The van der Waals surface area contributed by atoms with Crippen LogP contribution in [0.15, 0.2) is 11.0 Å². The van der Waals surface area contributed by atoms with Gasteiger partial charge in [-0.3, -0.25) is 9.00 Å². The zero-order chi connectivity index (χ0) is 15.9. The maximum absolute atomic E-state index is 12.4. The molecule has 0 radical (unpaired) electrons. The Morgan fingerprint density at radius 2 is 1.43 bits per heavy atom. The average molecular weight is 315 g/mol. The standard InChI is InChI=1S/C18H34O2S/c1-4-7-10-12-15-18(17(19)14-11-8-5-2)21(20)16-13-9-6-3/h15H,4-14,16H2,1-3H3. The molecule has 0 bridgehead atoms. The van der Waals surface area contributed by atoms with Crippen LogP contribution in [-0.4, -0.2) is 15.7 Å². The lowest BCUT2D eigenvalue weighted by atomic mass is 10.1. The minimum atomic E-state index is -1.09. The van der Waals surface area contributed by atoms with Crippen LogP contribution in [0.5, 0.6) is 0 Å². The van der Waals surface area contributed by atoms with E-state index in [-0.39, 0.29) is 5.78 Å². The van der Waals surface area contributed by atoms with Crippen molar-refractivity contribution in [2.45, 2.75) is 91.4 Å². The number of hydrogen-bond acceptors (Lipinski definition) is 2. The van der Waals surface area contributed by atoms with Crippen molar-refractivity contribution in [1.82, 2.24) is 0 Å². The largest absolute Gasteiger partial charge is 0.294 e. The van der Waals surface area contributed by atoms with Crippen LogP contribution in [0.1, 0.15) is 91.4 Å². The molecule has 0 amide bonds. The highest BCUT2D eigenvalue weighted by atomic mass is 32.2. The van der Waals surface area contributed by atoms with Crippen molar-refractivity contribution in [2.75, 3.05) is 5.75 Å². The fraction of sp³-hybridized carbons (Fsp3) is 0.833. The number of carbonyl (C=O) groups is 1. The molecule has 21 heavy (non-hydrogen) atoms.